The Morgan fingerprint density at radius 3 is 2.33 bits per heavy atom. The van der Waals surface area contributed by atoms with Gasteiger partial charge in [0.1, 0.15) is 11.9 Å². The first-order valence-electron chi connectivity index (χ1n) is 8.50. The van der Waals surface area contributed by atoms with Crippen LogP contribution in [0.25, 0.3) is 0 Å². The molecule has 0 aromatic heterocycles. The number of anilines is 1. The molecule has 0 saturated heterocycles. The van der Waals surface area contributed by atoms with Gasteiger partial charge in [0, 0.05) is 0 Å². The van der Waals surface area contributed by atoms with Crippen molar-refractivity contribution in [1.82, 2.24) is 0 Å². The predicted molar refractivity (Wildman–Crippen MR) is 98.4 cm³/mol. The molecular weight excluding hydrogens is 302 g/mol. The largest absolute Gasteiger partial charge is 0.493 e. The highest BCUT2D eigenvalue weighted by molar-refractivity contribution is 5.56. The molecule has 1 unspecified atom stereocenters. The first-order chi connectivity index (χ1) is 11.7. The molecule has 0 aliphatic heterocycles. The highest BCUT2D eigenvalue weighted by Crippen LogP contribution is 2.27. The van der Waals surface area contributed by atoms with Crippen LogP contribution in [-0.2, 0) is 0 Å². The van der Waals surface area contributed by atoms with Gasteiger partial charge in [-0.2, -0.15) is 0 Å². The summed E-state index contributed by atoms with van der Waals surface area (Å²) in [6, 6.07) is 15.7. The number of benzene rings is 2. The van der Waals surface area contributed by atoms with E-state index in [9.17, 15) is 0 Å². The summed E-state index contributed by atoms with van der Waals surface area (Å²) in [5, 5.41) is 3.41. The smallest absolute Gasteiger partial charge is 0.161 e. The molecule has 0 fully saturated rings. The van der Waals surface area contributed by atoms with E-state index in [1.54, 1.807) is 7.11 Å². The molecule has 2 aromatic carbocycles. The molecule has 0 radical (unpaired) electrons. The van der Waals surface area contributed by atoms with Crippen molar-refractivity contribution in [3.05, 3.63) is 48.5 Å². The summed E-state index contributed by atoms with van der Waals surface area (Å²) < 4.78 is 17.1. The summed E-state index contributed by atoms with van der Waals surface area (Å²) in [6.07, 6.45) is 2.17. The molecule has 1 atom stereocenters. The van der Waals surface area contributed by atoms with Crippen LogP contribution in [0.15, 0.2) is 48.5 Å². The maximum Gasteiger partial charge on any atom is 0.161 e. The molecule has 2 aromatic rings. The Bertz CT molecular complexity index is 615. The highest BCUT2D eigenvalue weighted by atomic mass is 16.5. The van der Waals surface area contributed by atoms with Crippen molar-refractivity contribution in [2.45, 2.75) is 32.8 Å². The van der Waals surface area contributed by atoms with Crippen LogP contribution < -0.4 is 19.5 Å². The number of ether oxygens (including phenoxy) is 3. The topological polar surface area (TPSA) is 39.7 Å². The molecule has 0 heterocycles. The van der Waals surface area contributed by atoms with Crippen molar-refractivity contribution >= 4 is 5.69 Å². The molecule has 0 aliphatic rings. The number of para-hydroxylation sites is 4. The van der Waals surface area contributed by atoms with E-state index >= 15 is 0 Å². The quantitative estimate of drug-likeness (QED) is 0.638. The zero-order valence-electron chi connectivity index (χ0n) is 14.7. The SMILES string of the molecule is CCCCOc1ccccc1NCC(C)Oc1ccccc1OC. The van der Waals surface area contributed by atoms with Crippen molar-refractivity contribution in [1.29, 1.82) is 0 Å². The highest BCUT2D eigenvalue weighted by Gasteiger charge is 2.10. The summed E-state index contributed by atoms with van der Waals surface area (Å²) in [5.74, 6) is 2.38. The van der Waals surface area contributed by atoms with Crippen LogP contribution in [0.1, 0.15) is 26.7 Å². The standard InChI is InChI=1S/C20H27NO3/c1-4-5-14-23-18-11-7-6-10-17(18)21-15-16(2)24-20-13-9-8-12-19(20)22-3/h6-13,16,21H,4-5,14-15H2,1-3H3. The fourth-order valence-corrected chi connectivity index (χ4v) is 2.29. The van der Waals surface area contributed by atoms with E-state index in [0.29, 0.717) is 6.54 Å². The van der Waals surface area contributed by atoms with Gasteiger partial charge in [-0.25, -0.2) is 0 Å². The fourth-order valence-electron chi connectivity index (χ4n) is 2.29. The van der Waals surface area contributed by atoms with Gasteiger partial charge in [0.2, 0.25) is 0 Å². The molecule has 1 N–H and O–H groups in total. The van der Waals surface area contributed by atoms with E-state index in [-0.39, 0.29) is 6.10 Å². The molecule has 0 bridgehead atoms. The average molecular weight is 329 g/mol. The number of methoxy groups -OCH3 is 1. The Kier molecular flexibility index (Phi) is 7.27. The van der Waals surface area contributed by atoms with Crippen molar-refractivity contribution < 1.29 is 14.2 Å². The third kappa shape index (κ3) is 5.37. The maximum atomic E-state index is 5.97. The lowest BCUT2D eigenvalue weighted by molar-refractivity contribution is 0.223. The first kappa shape index (κ1) is 18.0. The van der Waals surface area contributed by atoms with Crippen LogP contribution in [0.2, 0.25) is 0 Å². The molecule has 0 saturated carbocycles. The number of rotatable bonds is 10. The van der Waals surface area contributed by atoms with Gasteiger partial charge in [0.15, 0.2) is 11.5 Å². The van der Waals surface area contributed by atoms with Crippen molar-refractivity contribution in [2.75, 3.05) is 25.6 Å². The minimum atomic E-state index is -0.00926. The lowest BCUT2D eigenvalue weighted by atomic mass is 10.2. The zero-order valence-corrected chi connectivity index (χ0v) is 14.7. The van der Waals surface area contributed by atoms with Gasteiger partial charge in [-0.05, 0) is 37.6 Å². The van der Waals surface area contributed by atoms with E-state index < -0.39 is 0 Å². The van der Waals surface area contributed by atoms with E-state index in [1.165, 1.54) is 0 Å². The lowest BCUT2D eigenvalue weighted by Crippen LogP contribution is -2.23. The number of hydrogen-bond donors (Lipinski definition) is 1. The summed E-state index contributed by atoms with van der Waals surface area (Å²) in [5.41, 5.74) is 0.990. The van der Waals surface area contributed by atoms with Gasteiger partial charge >= 0.3 is 0 Å². The molecule has 0 aliphatic carbocycles. The van der Waals surface area contributed by atoms with Gasteiger partial charge in [0.05, 0.1) is 25.9 Å². The number of unbranched alkanes of at least 4 members (excludes halogenated alkanes) is 1. The summed E-state index contributed by atoms with van der Waals surface area (Å²) in [7, 11) is 1.65. The summed E-state index contributed by atoms with van der Waals surface area (Å²) in [4.78, 5) is 0. The van der Waals surface area contributed by atoms with E-state index in [4.69, 9.17) is 14.2 Å². The average Bonchev–Trinajstić information content (AvgIpc) is 2.61. The Hall–Kier alpha value is -2.36. The van der Waals surface area contributed by atoms with E-state index in [0.717, 1.165) is 42.4 Å². The second-order valence-electron chi connectivity index (χ2n) is 5.66. The fraction of sp³-hybridized carbons (Fsp3) is 0.400. The molecule has 0 amide bonds. The molecule has 24 heavy (non-hydrogen) atoms. The monoisotopic (exact) mass is 329 g/mol. The molecule has 0 spiro atoms. The Morgan fingerprint density at radius 2 is 1.62 bits per heavy atom. The summed E-state index contributed by atoms with van der Waals surface area (Å²) in [6.45, 7) is 5.60. The van der Waals surface area contributed by atoms with Gasteiger partial charge in [-0.15, -0.1) is 0 Å². The molecule has 4 heteroatoms. The number of nitrogens with one attached hydrogen (secondary N) is 1. The van der Waals surface area contributed by atoms with Crippen LogP contribution in [0.4, 0.5) is 5.69 Å². The lowest BCUT2D eigenvalue weighted by Gasteiger charge is -2.19. The third-order valence-electron chi connectivity index (χ3n) is 3.62. The zero-order chi connectivity index (χ0) is 17.2. The Labute approximate surface area is 144 Å². The van der Waals surface area contributed by atoms with Crippen LogP contribution in [0.3, 0.4) is 0 Å². The molecular formula is C20H27NO3. The maximum absolute atomic E-state index is 5.97. The van der Waals surface area contributed by atoms with Crippen molar-refractivity contribution in [3.8, 4) is 17.2 Å². The Balaban J connectivity index is 1.90. The van der Waals surface area contributed by atoms with Gasteiger partial charge < -0.3 is 19.5 Å². The second kappa shape index (κ2) is 9.71. The third-order valence-corrected chi connectivity index (χ3v) is 3.62. The van der Waals surface area contributed by atoms with Crippen LogP contribution >= 0.6 is 0 Å². The Morgan fingerprint density at radius 1 is 0.958 bits per heavy atom. The molecule has 2 rings (SSSR count). The minimum Gasteiger partial charge on any atom is -0.493 e. The molecule has 130 valence electrons. The van der Waals surface area contributed by atoms with E-state index in [2.05, 4.69) is 12.2 Å². The number of hydrogen-bond acceptors (Lipinski definition) is 4. The van der Waals surface area contributed by atoms with Gasteiger partial charge in [-0.1, -0.05) is 37.6 Å². The van der Waals surface area contributed by atoms with E-state index in [1.807, 2.05) is 55.5 Å². The first-order valence-corrected chi connectivity index (χ1v) is 8.50. The molecule has 4 nitrogen and oxygen atoms in total. The minimum absolute atomic E-state index is 0.00926. The van der Waals surface area contributed by atoms with Crippen LogP contribution in [0, 0.1) is 0 Å². The van der Waals surface area contributed by atoms with Crippen molar-refractivity contribution in [2.24, 2.45) is 0 Å². The normalized spacial score (nSPS) is 11.6. The van der Waals surface area contributed by atoms with Crippen LogP contribution in [0.5, 0.6) is 17.2 Å². The van der Waals surface area contributed by atoms with Crippen molar-refractivity contribution in [3.63, 3.8) is 0 Å². The van der Waals surface area contributed by atoms with Gasteiger partial charge in [0.25, 0.3) is 0 Å². The summed E-state index contributed by atoms with van der Waals surface area (Å²) >= 11 is 0. The van der Waals surface area contributed by atoms with Crippen LogP contribution in [-0.4, -0.2) is 26.4 Å². The predicted octanol–water partition coefficient (Wildman–Crippen LogP) is 4.75. The second-order valence-corrected chi connectivity index (χ2v) is 5.66. The van der Waals surface area contributed by atoms with Gasteiger partial charge in [-0.3, -0.25) is 0 Å².